The van der Waals surface area contributed by atoms with E-state index in [2.05, 4.69) is 15.3 Å². The molecule has 3 rings (SSSR count). The topological polar surface area (TPSA) is 94.0 Å². The zero-order chi connectivity index (χ0) is 14.8. The Hall–Kier alpha value is -2.96. The van der Waals surface area contributed by atoms with Gasteiger partial charge in [0.15, 0.2) is 5.69 Å². The fraction of sp³-hybridized carbons (Fsp3) is 0.143. The standard InChI is InChI=1S/C14H12N4O3/c1-9-2-3-11(21-9)8-18-13(10-4-6-15-7-5-10)12(14(19)20)16-17-18/h2-7H,8H2,1H3,(H,19,20). The number of furan rings is 1. The van der Waals surface area contributed by atoms with Crippen molar-refractivity contribution >= 4 is 5.97 Å². The summed E-state index contributed by atoms with van der Waals surface area (Å²) < 4.78 is 7.01. The SMILES string of the molecule is Cc1ccc(Cn2nnc(C(=O)O)c2-c2ccncc2)o1. The highest BCUT2D eigenvalue weighted by Crippen LogP contribution is 2.22. The molecule has 0 aliphatic heterocycles. The summed E-state index contributed by atoms with van der Waals surface area (Å²) in [6.45, 7) is 2.16. The lowest BCUT2D eigenvalue weighted by molar-refractivity contribution is 0.0691. The molecule has 0 saturated heterocycles. The Kier molecular flexibility index (Phi) is 3.23. The quantitative estimate of drug-likeness (QED) is 0.787. The molecular formula is C14H12N4O3. The molecule has 3 heterocycles. The molecule has 7 heteroatoms. The zero-order valence-corrected chi connectivity index (χ0v) is 11.2. The van der Waals surface area contributed by atoms with Gasteiger partial charge >= 0.3 is 5.97 Å². The van der Waals surface area contributed by atoms with E-state index in [1.165, 1.54) is 4.68 Å². The monoisotopic (exact) mass is 284 g/mol. The van der Waals surface area contributed by atoms with Crippen LogP contribution in [0, 0.1) is 6.92 Å². The second-order valence-corrected chi connectivity index (χ2v) is 4.50. The summed E-state index contributed by atoms with van der Waals surface area (Å²) in [5, 5.41) is 16.9. The molecule has 3 aromatic rings. The zero-order valence-electron chi connectivity index (χ0n) is 11.2. The second-order valence-electron chi connectivity index (χ2n) is 4.50. The van der Waals surface area contributed by atoms with E-state index in [0.29, 0.717) is 23.6 Å². The summed E-state index contributed by atoms with van der Waals surface area (Å²) >= 11 is 0. The van der Waals surface area contributed by atoms with Gasteiger partial charge in [0.25, 0.3) is 0 Å². The molecule has 106 valence electrons. The number of carboxylic acids is 1. The highest BCUT2D eigenvalue weighted by molar-refractivity contribution is 5.92. The molecule has 3 aromatic heterocycles. The van der Waals surface area contributed by atoms with E-state index in [0.717, 1.165) is 5.76 Å². The Bertz CT molecular complexity index is 777. The maximum absolute atomic E-state index is 11.3. The Balaban J connectivity index is 2.07. The van der Waals surface area contributed by atoms with Gasteiger partial charge in [0, 0.05) is 18.0 Å². The van der Waals surface area contributed by atoms with Crippen molar-refractivity contribution in [1.29, 1.82) is 0 Å². The summed E-state index contributed by atoms with van der Waals surface area (Å²) in [5.41, 5.74) is 1.03. The van der Waals surface area contributed by atoms with Crippen LogP contribution in [0.4, 0.5) is 0 Å². The van der Waals surface area contributed by atoms with Crippen molar-refractivity contribution < 1.29 is 14.3 Å². The van der Waals surface area contributed by atoms with Gasteiger partial charge in [-0.05, 0) is 31.2 Å². The number of nitrogens with zero attached hydrogens (tertiary/aromatic N) is 4. The van der Waals surface area contributed by atoms with Crippen LogP contribution in [0.2, 0.25) is 0 Å². The van der Waals surface area contributed by atoms with Gasteiger partial charge in [0.2, 0.25) is 0 Å². The first-order valence-corrected chi connectivity index (χ1v) is 6.27. The van der Waals surface area contributed by atoms with Gasteiger partial charge in [0.05, 0.1) is 0 Å². The predicted octanol–water partition coefficient (Wildman–Crippen LogP) is 1.99. The Labute approximate surface area is 119 Å². The number of aryl methyl sites for hydroxylation is 1. The third-order valence-electron chi connectivity index (χ3n) is 2.99. The molecule has 0 spiro atoms. The van der Waals surface area contributed by atoms with Gasteiger partial charge in [-0.1, -0.05) is 5.21 Å². The molecule has 0 radical (unpaired) electrons. The lowest BCUT2D eigenvalue weighted by atomic mass is 10.1. The average molecular weight is 284 g/mol. The molecule has 0 unspecified atom stereocenters. The maximum Gasteiger partial charge on any atom is 0.358 e. The molecule has 0 aliphatic rings. The van der Waals surface area contributed by atoms with E-state index in [1.807, 2.05) is 19.1 Å². The van der Waals surface area contributed by atoms with Crippen molar-refractivity contribution in [2.24, 2.45) is 0 Å². The van der Waals surface area contributed by atoms with Gasteiger partial charge in [-0.3, -0.25) is 4.98 Å². The smallest absolute Gasteiger partial charge is 0.358 e. The van der Waals surface area contributed by atoms with Crippen LogP contribution in [0.25, 0.3) is 11.3 Å². The van der Waals surface area contributed by atoms with Crippen LogP contribution in [0.15, 0.2) is 41.1 Å². The minimum Gasteiger partial charge on any atom is -0.476 e. The third kappa shape index (κ3) is 2.53. The molecule has 0 fully saturated rings. The van der Waals surface area contributed by atoms with Gasteiger partial charge < -0.3 is 9.52 Å². The van der Waals surface area contributed by atoms with Gasteiger partial charge in [-0.25, -0.2) is 9.48 Å². The molecule has 7 nitrogen and oxygen atoms in total. The summed E-state index contributed by atoms with van der Waals surface area (Å²) in [4.78, 5) is 15.2. The average Bonchev–Trinajstić information content (AvgIpc) is 3.07. The number of hydrogen-bond donors (Lipinski definition) is 1. The molecule has 1 N–H and O–H groups in total. The number of carbonyl (C=O) groups is 1. The molecular weight excluding hydrogens is 272 g/mol. The Morgan fingerprint density at radius 2 is 2.05 bits per heavy atom. The first-order chi connectivity index (χ1) is 10.1. The number of aromatic carboxylic acids is 1. The van der Waals surface area contributed by atoms with Gasteiger partial charge in [0.1, 0.15) is 23.8 Å². The van der Waals surface area contributed by atoms with E-state index >= 15 is 0 Å². The van der Waals surface area contributed by atoms with Gasteiger partial charge in [-0.2, -0.15) is 0 Å². The van der Waals surface area contributed by atoms with Crippen LogP contribution in [0.5, 0.6) is 0 Å². The lowest BCUT2D eigenvalue weighted by Gasteiger charge is -2.05. The number of pyridine rings is 1. The van der Waals surface area contributed by atoms with E-state index in [4.69, 9.17) is 4.42 Å². The molecule has 21 heavy (non-hydrogen) atoms. The van der Waals surface area contributed by atoms with Crippen LogP contribution in [-0.4, -0.2) is 31.1 Å². The highest BCUT2D eigenvalue weighted by atomic mass is 16.4. The van der Waals surface area contributed by atoms with Crippen LogP contribution in [0.1, 0.15) is 22.0 Å². The highest BCUT2D eigenvalue weighted by Gasteiger charge is 2.21. The van der Waals surface area contributed by atoms with Crippen LogP contribution < -0.4 is 0 Å². The predicted molar refractivity (Wildman–Crippen MR) is 72.8 cm³/mol. The van der Waals surface area contributed by atoms with E-state index in [9.17, 15) is 9.90 Å². The van der Waals surface area contributed by atoms with Crippen molar-refractivity contribution in [1.82, 2.24) is 20.0 Å². The number of carboxylic acid groups (broad SMARTS) is 1. The van der Waals surface area contributed by atoms with Crippen molar-refractivity contribution in [2.75, 3.05) is 0 Å². The lowest BCUT2D eigenvalue weighted by Crippen LogP contribution is -2.05. The molecule has 0 atom stereocenters. The number of aromatic nitrogens is 4. The first-order valence-electron chi connectivity index (χ1n) is 6.27. The van der Waals surface area contributed by atoms with Crippen molar-refractivity contribution in [3.05, 3.63) is 53.9 Å². The molecule has 0 aromatic carbocycles. The maximum atomic E-state index is 11.3. The van der Waals surface area contributed by atoms with E-state index in [-0.39, 0.29) is 5.69 Å². The minimum absolute atomic E-state index is 0.0931. The Morgan fingerprint density at radius 3 is 2.67 bits per heavy atom. The normalized spacial score (nSPS) is 10.7. The minimum atomic E-state index is -1.12. The van der Waals surface area contributed by atoms with E-state index < -0.39 is 5.97 Å². The Morgan fingerprint density at radius 1 is 1.29 bits per heavy atom. The molecule has 0 bridgehead atoms. The third-order valence-corrected chi connectivity index (χ3v) is 2.99. The summed E-state index contributed by atoms with van der Waals surface area (Å²) in [7, 11) is 0. The molecule has 0 amide bonds. The fourth-order valence-electron chi connectivity index (χ4n) is 2.08. The molecule has 0 aliphatic carbocycles. The van der Waals surface area contributed by atoms with Crippen LogP contribution in [-0.2, 0) is 6.54 Å². The van der Waals surface area contributed by atoms with Gasteiger partial charge in [-0.15, -0.1) is 5.10 Å². The van der Waals surface area contributed by atoms with Crippen molar-refractivity contribution in [3.63, 3.8) is 0 Å². The van der Waals surface area contributed by atoms with Crippen molar-refractivity contribution in [3.8, 4) is 11.3 Å². The first kappa shape index (κ1) is 13.0. The summed E-state index contributed by atoms with van der Waals surface area (Å²) in [5.74, 6) is 0.349. The van der Waals surface area contributed by atoms with Crippen LogP contribution in [0.3, 0.4) is 0 Å². The largest absolute Gasteiger partial charge is 0.476 e. The molecule has 0 saturated carbocycles. The number of rotatable bonds is 4. The summed E-state index contributed by atoms with van der Waals surface area (Å²) in [6.07, 6.45) is 3.19. The second kappa shape index (κ2) is 5.20. The van der Waals surface area contributed by atoms with E-state index in [1.54, 1.807) is 24.5 Å². The van der Waals surface area contributed by atoms with Crippen LogP contribution >= 0.6 is 0 Å². The fourth-order valence-corrected chi connectivity index (χ4v) is 2.08. The van der Waals surface area contributed by atoms with Crippen molar-refractivity contribution in [2.45, 2.75) is 13.5 Å². The summed E-state index contributed by atoms with van der Waals surface area (Å²) in [6, 6.07) is 7.11. The number of hydrogen-bond acceptors (Lipinski definition) is 5.